The van der Waals surface area contributed by atoms with Crippen molar-refractivity contribution in [1.29, 1.82) is 0 Å². The predicted molar refractivity (Wildman–Crippen MR) is 74.0 cm³/mol. The van der Waals surface area contributed by atoms with Crippen molar-refractivity contribution in [3.8, 4) is 11.4 Å². The number of aromatic nitrogens is 3. The maximum absolute atomic E-state index is 5.13. The number of rotatable bonds is 1. The van der Waals surface area contributed by atoms with E-state index in [0.29, 0.717) is 4.77 Å². The zero-order chi connectivity index (χ0) is 12.5. The molecule has 4 heteroatoms. The average Bonchev–Trinajstić information content (AvgIpc) is 2.38. The molecule has 0 spiro atoms. The summed E-state index contributed by atoms with van der Waals surface area (Å²) >= 11 is 5.13. The van der Waals surface area contributed by atoms with Crippen molar-refractivity contribution in [3.63, 3.8) is 0 Å². The van der Waals surface area contributed by atoms with Crippen LogP contribution < -0.4 is 0 Å². The smallest absolute Gasteiger partial charge is 0.223 e. The Morgan fingerprint density at radius 3 is 2.61 bits per heavy atom. The molecule has 2 aromatic heterocycles. The van der Waals surface area contributed by atoms with Crippen molar-refractivity contribution in [2.24, 2.45) is 0 Å². The fourth-order valence-corrected chi connectivity index (χ4v) is 2.09. The third-order valence-electron chi connectivity index (χ3n) is 2.76. The van der Waals surface area contributed by atoms with Crippen molar-refractivity contribution < 1.29 is 0 Å². The van der Waals surface area contributed by atoms with Crippen LogP contribution >= 0.6 is 12.2 Å². The van der Waals surface area contributed by atoms with Crippen molar-refractivity contribution >= 4 is 17.9 Å². The third kappa shape index (κ3) is 1.91. The van der Waals surface area contributed by atoms with Gasteiger partial charge in [-0.1, -0.05) is 30.3 Å². The summed E-state index contributed by atoms with van der Waals surface area (Å²) in [6.07, 6.45) is 1.97. The number of fused-ring (bicyclic) bond motifs is 1. The van der Waals surface area contributed by atoms with Crippen LogP contribution in [-0.4, -0.2) is 14.4 Å². The van der Waals surface area contributed by atoms with Crippen LogP contribution in [0.3, 0.4) is 0 Å². The number of hydrogen-bond donors (Lipinski definition) is 0. The highest BCUT2D eigenvalue weighted by Crippen LogP contribution is 2.17. The Hall–Kier alpha value is -2.07. The molecule has 2 heterocycles. The molecule has 0 saturated carbocycles. The molecular weight excluding hydrogens is 242 g/mol. The average molecular weight is 253 g/mol. The van der Waals surface area contributed by atoms with Crippen LogP contribution in [0.2, 0.25) is 0 Å². The molecule has 3 nitrogen and oxygen atoms in total. The summed E-state index contributed by atoms with van der Waals surface area (Å²) in [5.41, 5.74) is 3.01. The van der Waals surface area contributed by atoms with Gasteiger partial charge >= 0.3 is 0 Å². The lowest BCUT2D eigenvalue weighted by molar-refractivity contribution is 0.998. The summed E-state index contributed by atoms with van der Waals surface area (Å²) in [4.78, 5) is 8.66. The van der Waals surface area contributed by atoms with E-state index in [2.05, 4.69) is 9.97 Å². The molecule has 0 unspecified atom stereocenters. The van der Waals surface area contributed by atoms with Crippen LogP contribution in [0, 0.1) is 11.7 Å². The molecule has 3 rings (SSSR count). The molecule has 88 valence electrons. The minimum atomic E-state index is 0.374. The van der Waals surface area contributed by atoms with Gasteiger partial charge in [0.1, 0.15) is 11.5 Å². The second-order valence-electron chi connectivity index (χ2n) is 4.13. The Morgan fingerprint density at radius 1 is 1.06 bits per heavy atom. The molecule has 0 saturated heterocycles. The van der Waals surface area contributed by atoms with Crippen LogP contribution in [-0.2, 0) is 0 Å². The highest BCUT2D eigenvalue weighted by atomic mass is 32.1. The van der Waals surface area contributed by atoms with Gasteiger partial charge in [-0.15, -0.1) is 0 Å². The number of hydrogen-bond acceptors (Lipinski definition) is 3. The monoisotopic (exact) mass is 253 g/mol. The Kier molecular flexibility index (Phi) is 2.64. The van der Waals surface area contributed by atoms with E-state index in [-0.39, 0.29) is 0 Å². The molecule has 0 radical (unpaired) electrons. The maximum atomic E-state index is 5.13. The van der Waals surface area contributed by atoms with E-state index in [1.165, 1.54) is 0 Å². The van der Waals surface area contributed by atoms with Crippen molar-refractivity contribution in [2.45, 2.75) is 6.92 Å². The first-order chi connectivity index (χ1) is 8.74. The van der Waals surface area contributed by atoms with Crippen LogP contribution in [0.25, 0.3) is 17.0 Å². The molecule has 0 fully saturated rings. The maximum Gasteiger partial charge on any atom is 0.223 e. The summed E-state index contributed by atoms with van der Waals surface area (Å²) in [6.45, 7) is 2.04. The van der Waals surface area contributed by atoms with Gasteiger partial charge in [-0.2, -0.15) is 4.98 Å². The minimum Gasteiger partial charge on any atom is -0.285 e. The Balaban J connectivity index is 2.39. The molecule has 0 atom stereocenters. The van der Waals surface area contributed by atoms with Crippen LogP contribution in [0.5, 0.6) is 0 Å². The zero-order valence-electron chi connectivity index (χ0n) is 9.87. The first-order valence-electron chi connectivity index (χ1n) is 5.66. The van der Waals surface area contributed by atoms with E-state index in [4.69, 9.17) is 12.2 Å². The van der Waals surface area contributed by atoms with Gasteiger partial charge in [-0.05, 0) is 36.8 Å². The predicted octanol–water partition coefficient (Wildman–Crippen LogP) is 3.43. The van der Waals surface area contributed by atoms with E-state index in [0.717, 1.165) is 22.6 Å². The van der Waals surface area contributed by atoms with Gasteiger partial charge in [0, 0.05) is 11.8 Å². The Morgan fingerprint density at radius 2 is 1.83 bits per heavy atom. The van der Waals surface area contributed by atoms with E-state index in [1.807, 2.05) is 60.0 Å². The highest BCUT2D eigenvalue weighted by Gasteiger charge is 2.05. The molecule has 1 aromatic carbocycles. The zero-order valence-corrected chi connectivity index (χ0v) is 10.7. The fourth-order valence-electron chi connectivity index (χ4n) is 1.91. The third-order valence-corrected chi connectivity index (χ3v) is 2.94. The van der Waals surface area contributed by atoms with Gasteiger partial charge in [0.05, 0.1) is 0 Å². The lowest BCUT2D eigenvalue weighted by Gasteiger charge is -2.08. The van der Waals surface area contributed by atoms with Gasteiger partial charge in [0.2, 0.25) is 4.77 Å². The first-order valence-corrected chi connectivity index (χ1v) is 6.07. The number of nitrogens with zero attached hydrogens (tertiary/aromatic N) is 3. The summed E-state index contributed by atoms with van der Waals surface area (Å²) in [5.74, 6) is 0.825. The van der Waals surface area contributed by atoms with E-state index >= 15 is 0 Å². The normalized spacial score (nSPS) is 10.7. The van der Waals surface area contributed by atoms with Crippen molar-refractivity contribution in [2.75, 3.05) is 0 Å². The van der Waals surface area contributed by atoms with E-state index in [1.54, 1.807) is 0 Å². The number of benzene rings is 1. The lowest BCUT2D eigenvalue weighted by Crippen LogP contribution is -2.01. The molecule has 0 bridgehead atoms. The fraction of sp³-hybridized carbons (Fsp3) is 0.0714. The number of pyridine rings is 1. The van der Waals surface area contributed by atoms with Gasteiger partial charge in [0.15, 0.2) is 0 Å². The lowest BCUT2D eigenvalue weighted by atomic mass is 10.2. The second-order valence-corrected chi connectivity index (χ2v) is 4.49. The van der Waals surface area contributed by atoms with Crippen LogP contribution in [0.1, 0.15) is 5.56 Å². The number of aryl methyl sites for hydroxylation is 1. The molecule has 0 amide bonds. The summed E-state index contributed by atoms with van der Waals surface area (Å²) in [5, 5.41) is 0. The highest BCUT2D eigenvalue weighted by molar-refractivity contribution is 7.71. The minimum absolute atomic E-state index is 0.374. The first kappa shape index (κ1) is 11.0. The summed E-state index contributed by atoms with van der Waals surface area (Å²) in [7, 11) is 0. The summed E-state index contributed by atoms with van der Waals surface area (Å²) in [6, 6.07) is 14.0. The molecule has 18 heavy (non-hydrogen) atoms. The topological polar surface area (TPSA) is 30.2 Å². The van der Waals surface area contributed by atoms with Gasteiger partial charge in [0.25, 0.3) is 0 Å². The van der Waals surface area contributed by atoms with Gasteiger partial charge < -0.3 is 0 Å². The molecular formula is C14H11N3S. The van der Waals surface area contributed by atoms with Crippen molar-refractivity contribution in [1.82, 2.24) is 14.4 Å². The van der Waals surface area contributed by atoms with Gasteiger partial charge in [-0.3, -0.25) is 4.40 Å². The van der Waals surface area contributed by atoms with Crippen molar-refractivity contribution in [3.05, 3.63) is 59.0 Å². The molecule has 3 aromatic rings. The van der Waals surface area contributed by atoms with Crippen LogP contribution in [0.4, 0.5) is 0 Å². The molecule has 0 aliphatic carbocycles. The SMILES string of the molecule is Cc1ccn2c(-c3ccccc3)nc(=S)nc2c1. The second kappa shape index (κ2) is 4.31. The quantitative estimate of drug-likeness (QED) is 0.622. The molecule has 0 aliphatic heterocycles. The Labute approximate surface area is 110 Å². The molecule has 0 N–H and O–H groups in total. The molecule has 0 aliphatic rings. The standard InChI is InChI=1S/C14H11N3S/c1-10-7-8-17-12(9-10)15-14(18)16-13(17)11-5-3-2-4-6-11/h2-9H,1H3. The largest absolute Gasteiger partial charge is 0.285 e. The van der Waals surface area contributed by atoms with E-state index < -0.39 is 0 Å². The van der Waals surface area contributed by atoms with Crippen LogP contribution in [0.15, 0.2) is 48.7 Å². The van der Waals surface area contributed by atoms with Gasteiger partial charge in [-0.25, -0.2) is 4.98 Å². The van der Waals surface area contributed by atoms with E-state index in [9.17, 15) is 0 Å². The Bertz CT molecular complexity index is 763. The summed E-state index contributed by atoms with van der Waals surface area (Å²) < 4.78 is 2.33.